The summed E-state index contributed by atoms with van der Waals surface area (Å²) >= 11 is 0. The van der Waals surface area contributed by atoms with Crippen molar-refractivity contribution >= 4 is 0 Å². The standard InChI is InChI=1S/C13H26O2/c1-9-6-5-7-10(8-9)11(14)12(15)13(2,3)4/h9-12,14-15H,5-8H2,1-4H3. The second-order valence-corrected chi connectivity index (χ2v) is 6.33. The van der Waals surface area contributed by atoms with Crippen LogP contribution in [0.1, 0.15) is 53.4 Å². The minimum atomic E-state index is -0.604. The average Bonchev–Trinajstić information content (AvgIpc) is 2.14. The van der Waals surface area contributed by atoms with Crippen molar-refractivity contribution in [3.8, 4) is 0 Å². The lowest BCUT2D eigenvalue weighted by molar-refractivity contribution is -0.0801. The summed E-state index contributed by atoms with van der Waals surface area (Å²) in [7, 11) is 0. The van der Waals surface area contributed by atoms with Crippen LogP contribution >= 0.6 is 0 Å². The van der Waals surface area contributed by atoms with Gasteiger partial charge in [0.25, 0.3) is 0 Å². The molecule has 0 aromatic rings. The fraction of sp³-hybridized carbons (Fsp3) is 1.00. The fourth-order valence-corrected chi connectivity index (χ4v) is 2.56. The molecule has 0 radical (unpaired) electrons. The van der Waals surface area contributed by atoms with Gasteiger partial charge in [-0.3, -0.25) is 0 Å². The Labute approximate surface area is 93.7 Å². The van der Waals surface area contributed by atoms with E-state index < -0.39 is 12.2 Å². The van der Waals surface area contributed by atoms with Gasteiger partial charge in [-0.2, -0.15) is 0 Å². The van der Waals surface area contributed by atoms with Crippen LogP contribution < -0.4 is 0 Å². The van der Waals surface area contributed by atoms with Crippen LogP contribution in [0.4, 0.5) is 0 Å². The molecular formula is C13H26O2. The Morgan fingerprint density at radius 1 is 1.13 bits per heavy atom. The second-order valence-electron chi connectivity index (χ2n) is 6.33. The van der Waals surface area contributed by atoms with E-state index in [0.29, 0.717) is 11.8 Å². The molecule has 90 valence electrons. The third-order valence-electron chi connectivity index (χ3n) is 3.67. The van der Waals surface area contributed by atoms with Crippen LogP contribution in [0.15, 0.2) is 0 Å². The normalized spacial score (nSPS) is 32.4. The zero-order valence-corrected chi connectivity index (χ0v) is 10.5. The highest BCUT2D eigenvalue weighted by atomic mass is 16.3. The summed E-state index contributed by atoms with van der Waals surface area (Å²) < 4.78 is 0. The van der Waals surface area contributed by atoms with Crippen molar-refractivity contribution in [1.29, 1.82) is 0 Å². The molecule has 1 rings (SSSR count). The van der Waals surface area contributed by atoms with E-state index in [1.54, 1.807) is 0 Å². The molecule has 0 amide bonds. The second kappa shape index (κ2) is 4.84. The topological polar surface area (TPSA) is 40.5 Å². The molecule has 0 bridgehead atoms. The molecule has 1 aliphatic carbocycles. The van der Waals surface area contributed by atoms with Crippen LogP contribution in [0.25, 0.3) is 0 Å². The van der Waals surface area contributed by atoms with Gasteiger partial charge in [0.05, 0.1) is 12.2 Å². The Morgan fingerprint density at radius 3 is 2.20 bits per heavy atom. The summed E-state index contributed by atoms with van der Waals surface area (Å²) in [6, 6.07) is 0. The molecule has 4 unspecified atom stereocenters. The van der Waals surface area contributed by atoms with Crippen molar-refractivity contribution in [2.75, 3.05) is 0 Å². The maximum atomic E-state index is 10.1. The minimum absolute atomic E-state index is 0.222. The zero-order chi connectivity index (χ0) is 11.6. The minimum Gasteiger partial charge on any atom is -0.390 e. The number of aliphatic hydroxyl groups is 2. The molecule has 15 heavy (non-hydrogen) atoms. The Kier molecular flexibility index (Phi) is 4.19. The van der Waals surface area contributed by atoms with Crippen LogP contribution in [0, 0.1) is 17.3 Å². The summed E-state index contributed by atoms with van der Waals surface area (Å²) in [5, 5.41) is 20.2. The summed E-state index contributed by atoms with van der Waals surface area (Å²) in [5.41, 5.74) is -0.222. The number of aliphatic hydroxyl groups excluding tert-OH is 2. The lowest BCUT2D eigenvalue weighted by Crippen LogP contribution is -2.43. The predicted octanol–water partition coefficient (Wildman–Crippen LogP) is 2.58. The van der Waals surface area contributed by atoms with Crippen LogP contribution in [-0.2, 0) is 0 Å². The fourth-order valence-electron chi connectivity index (χ4n) is 2.56. The van der Waals surface area contributed by atoms with Crippen LogP contribution in [0.3, 0.4) is 0 Å². The van der Waals surface area contributed by atoms with E-state index >= 15 is 0 Å². The first-order valence-corrected chi connectivity index (χ1v) is 6.18. The van der Waals surface area contributed by atoms with Gasteiger partial charge in [0, 0.05) is 0 Å². The van der Waals surface area contributed by atoms with Gasteiger partial charge in [0.2, 0.25) is 0 Å². The smallest absolute Gasteiger partial charge is 0.0849 e. The first kappa shape index (κ1) is 13.0. The third kappa shape index (κ3) is 3.46. The summed E-state index contributed by atoms with van der Waals surface area (Å²) in [6.45, 7) is 8.18. The largest absolute Gasteiger partial charge is 0.390 e. The van der Waals surface area contributed by atoms with Crippen molar-refractivity contribution < 1.29 is 10.2 Å². The number of rotatable bonds is 2. The maximum absolute atomic E-state index is 10.1. The Bertz CT molecular complexity index is 195. The van der Waals surface area contributed by atoms with Crippen molar-refractivity contribution in [3.05, 3.63) is 0 Å². The quantitative estimate of drug-likeness (QED) is 0.741. The molecule has 0 aliphatic heterocycles. The highest BCUT2D eigenvalue weighted by Crippen LogP contribution is 2.35. The SMILES string of the molecule is CC1CCCC(C(O)C(O)C(C)(C)C)C1. The van der Waals surface area contributed by atoms with E-state index in [4.69, 9.17) is 0 Å². The lowest BCUT2D eigenvalue weighted by Gasteiger charge is -2.37. The highest BCUT2D eigenvalue weighted by Gasteiger charge is 2.35. The molecule has 0 aromatic carbocycles. The molecule has 2 heteroatoms. The molecule has 2 N–H and O–H groups in total. The number of hydrogen-bond donors (Lipinski definition) is 2. The van der Waals surface area contributed by atoms with Gasteiger partial charge in [0.1, 0.15) is 0 Å². The predicted molar refractivity (Wildman–Crippen MR) is 62.6 cm³/mol. The molecule has 1 fully saturated rings. The van der Waals surface area contributed by atoms with E-state index in [1.807, 2.05) is 20.8 Å². The van der Waals surface area contributed by atoms with Gasteiger partial charge in [-0.15, -0.1) is 0 Å². The first-order valence-electron chi connectivity index (χ1n) is 6.18. The van der Waals surface area contributed by atoms with Crippen molar-refractivity contribution in [2.45, 2.75) is 65.6 Å². The molecule has 1 aliphatic rings. The van der Waals surface area contributed by atoms with Crippen molar-refractivity contribution in [2.24, 2.45) is 17.3 Å². The summed E-state index contributed by atoms with van der Waals surface area (Å²) in [5.74, 6) is 0.994. The van der Waals surface area contributed by atoms with Crippen molar-refractivity contribution in [3.63, 3.8) is 0 Å². The highest BCUT2D eigenvalue weighted by molar-refractivity contribution is 4.86. The average molecular weight is 214 g/mol. The van der Waals surface area contributed by atoms with Gasteiger partial charge in [0.15, 0.2) is 0 Å². The van der Waals surface area contributed by atoms with Gasteiger partial charge in [-0.1, -0.05) is 40.5 Å². The molecular weight excluding hydrogens is 188 g/mol. The van der Waals surface area contributed by atoms with Gasteiger partial charge < -0.3 is 10.2 Å². The van der Waals surface area contributed by atoms with Crippen LogP contribution in [-0.4, -0.2) is 22.4 Å². The summed E-state index contributed by atoms with van der Waals surface area (Å²) in [6.07, 6.45) is 3.45. The van der Waals surface area contributed by atoms with E-state index in [1.165, 1.54) is 12.8 Å². The molecule has 1 saturated carbocycles. The first-order chi connectivity index (χ1) is 6.82. The van der Waals surface area contributed by atoms with E-state index in [9.17, 15) is 10.2 Å². The monoisotopic (exact) mass is 214 g/mol. The summed E-state index contributed by atoms with van der Waals surface area (Å²) in [4.78, 5) is 0. The zero-order valence-electron chi connectivity index (χ0n) is 10.5. The number of hydrogen-bond acceptors (Lipinski definition) is 2. The van der Waals surface area contributed by atoms with Gasteiger partial charge in [-0.05, 0) is 30.1 Å². The van der Waals surface area contributed by atoms with Crippen LogP contribution in [0.2, 0.25) is 0 Å². The molecule has 0 saturated heterocycles. The van der Waals surface area contributed by atoms with Crippen molar-refractivity contribution in [1.82, 2.24) is 0 Å². The van der Waals surface area contributed by atoms with E-state index in [-0.39, 0.29) is 5.41 Å². The molecule has 4 atom stereocenters. The van der Waals surface area contributed by atoms with Crippen LogP contribution in [0.5, 0.6) is 0 Å². The Morgan fingerprint density at radius 2 is 1.73 bits per heavy atom. The molecule has 0 heterocycles. The van der Waals surface area contributed by atoms with Gasteiger partial charge in [-0.25, -0.2) is 0 Å². The van der Waals surface area contributed by atoms with Gasteiger partial charge >= 0.3 is 0 Å². The third-order valence-corrected chi connectivity index (χ3v) is 3.67. The molecule has 0 aromatic heterocycles. The maximum Gasteiger partial charge on any atom is 0.0849 e. The van der Waals surface area contributed by atoms with E-state index in [2.05, 4.69) is 6.92 Å². The molecule has 0 spiro atoms. The Hall–Kier alpha value is -0.0800. The molecule has 2 nitrogen and oxygen atoms in total. The lowest BCUT2D eigenvalue weighted by atomic mass is 9.74. The Balaban J connectivity index is 2.55. The van der Waals surface area contributed by atoms with E-state index in [0.717, 1.165) is 12.8 Å².